The summed E-state index contributed by atoms with van der Waals surface area (Å²) in [5.41, 5.74) is 9.06. The zero-order valence-corrected chi connectivity index (χ0v) is 12.0. The Morgan fingerprint density at radius 2 is 2.05 bits per heavy atom. The van der Waals surface area contributed by atoms with E-state index < -0.39 is 0 Å². The van der Waals surface area contributed by atoms with Crippen LogP contribution in [0.1, 0.15) is 31.6 Å². The maximum absolute atomic E-state index is 6.08. The Balaban J connectivity index is 1.84. The molecule has 0 bridgehead atoms. The third kappa shape index (κ3) is 2.87. The van der Waals surface area contributed by atoms with Gasteiger partial charge in [0.25, 0.3) is 0 Å². The summed E-state index contributed by atoms with van der Waals surface area (Å²) in [6.45, 7) is 2.12. The first-order valence-corrected chi connectivity index (χ1v) is 7.19. The number of aromatic nitrogens is 4. The monoisotopic (exact) mass is 281 g/mol. The average Bonchev–Trinajstić information content (AvgIpc) is 3.17. The lowest BCUT2D eigenvalue weighted by atomic mass is 10.2. The molecule has 0 amide bonds. The van der Waals surface area contributed by atoms with Crippen molar-refractivity contribution in [3.63, 3.8) is 0 Å². The molecule has 5 heteroatoms. The average molecular weight is 281 g/mol. The van der Waals surface area contributed by atoms with E-state index in [4.69, 9.17) is 5.73 Å². The van der Waals surface area contributed by atoms with Gasteiger partial charge < -0.3 is 10.7 Å². The van der Waals surface area contributed by atoms with E-state index in [0.29, 0.717) is 0 Å². The number of aromatic amines is 1. The molecular weight excluding hydrogens is 262 g/mol. The van der Waals surface area contributed by atoms with E-state index in [1.54, 1.807) is 0 Å². The summed E-state index contributed by atoms with van der Waals surface area (Å²) < 4.78 is 1.85. The van der Waals surface area contributed by atoms with Gasteiger partial charge in [0, 0.05) is 11.8 Å². The predicted molar refractivity (Wildman–Crippen MR) is 83.0 cm³/mol. The van der Waals surface area contributed by atoms with Gasteiger partial charge in [-0.1, -0.05) is 31.5 Å². The number of para-hydroxylation sites is 1. The van der Waals surface area contributed by atoms with Gasteiger partial charge in [-0.25, -0.2) is 9.67 Å². The second-order valence-corrected chi connectivity index (χ2v) is 5.09. The van der Waals surface area contributed by atoms with Gasteiger partial charge in [-0.3, -0.25) is 0 Å². The van der Waals surface area contributed by atoms with E-state index in [1.807, 2.05) is 53.6 Å². The van der Waals surface area contributed by atoms with Crippen LogP contribution in [-0.2, 0) is 0 Å². The molecule has 3 rings (SSSR count). The molecule has 0 fully saturated rings. The fourth-order valence-corrected chi connectivity index (χ4v) is 2.30. The number of H-pyrrole nitrogens is 1. The van der Waals surface area contributed by atoms with Crippen LogP contribution in [0.15, 0.2) is 48.9 Å². The highest BCUT2D eigenvalue weighted by atomic mass is 15.3. The van der Waals surface area contributed by atoms with Crippen molar-refractivity contribution in [2.45, 2.75) is 25.8 Å². The van der Waals surface area contributed by atoms with E-state index in [9.17, 15) is 0 Å². The van der Waals surface area contributed by atoms with E-state index >= 15 is 0 Å². The Hall–Kier alpha value is -2.40. The molecule has 5 nitrogen and oxygen atoms in total. The van der Waals surface area contributed by atoms with Crippen molar-refractivity contribution in [3.05, 3.63) is 54.7 Å². The molecule has 0 aliphatic carbocycles. The van der Waals surface area contributed by atoms with Crippen molar-refractivity contribution in [2.24, 2.45) is 5.73 Å². The number of hydrogen-bond acceptors (Lipinski definition) is 3. The van der Waals surface area contributed by atoms with Gasteiger partial charge in [-0.05, 0) is 18.6 Å². The van der Waals surface area contributed by atoms with E-state index in [-0.39, 0.29) is 6.04 Å². The summed E-state index contributed by atoms with van der Waals surface area (Å²) in [5.74, 6) is 0.833. The molecule has 0 saturated heterocycles. The molecule has 0 radical (unpaired) electrons. The fourth-order valence-electron chi connectivity index (χ4n) is 2.30. The maximum atomic E-state index is 6.08. The summed E-state index contributed by atoms with van der Waals surface area (Å²) >= 11 is 0. The van der Waals surface area contributed by atoms with Crippen LogP contribution in [0.2, 0.25) is 0 Å². The van der Waals surface area contributed by atoms with Crippen LogP contribution in [0.4, 0.5) is 0 Å². The topological polar surface area (TPSA) is 72.5 Å². The Bertz CT molecular complexity index is 698. The van der Waals surface area contributed by atoms with Crippen molar-refractivity contribution in [1.29, 1.82) is 0 Å². The summed E-state index contributed by atoms with van der Waals surface area (Å²) in [5, 5.41) is 4.39. The Kier molecular flexibility index (Phi) is 3.83. The number of benzene rings is 1. The highest BCUT2D eigenvalue weighted by molar-refractivity contribution is 5.57. The van der Waals surface area contributed by atoms with Gasteiger partial charge in [0.15, 0.2) is 0 Å². The number of nitrogens with two attached hydrogens (primary N) is 1. The minimum Gasteiger partial charge on any atom is -0.341 e. The smallest absolute Gasteiger partial charge is 0.123 e. The summed E-state index contributed by atoms with van der Waals surface area (Å²) in [7, 11) is 0. The molecule has 3 aromatic rings. The van der Waals surface area contributed by atoms with Crippen LogP contribution in [-0.4, -0.2) is 19.7 Å². The van der Waals surface area contributed by atoms with E-state index in [2.05, 4.69) is 22.0 Å². The zero-order chi connectivity index (χ0) is 14.7. The highest BCUT2D eigenvalue weighted by Gasteiger charge is 2.11. The zero-order valence-electron chi connectivity index (χ0n) is 12.0. The molecule has 0 aliphatic rings. The van der Waals surface area contributed by atoms with Gasteiger partial charge in [-0.15, -0.1) is 0 Å². The first-order valence-electron chi connectivity index (χ1n) is 7.19. The predicted octanol–water partition coefficient (Wildman–Crippen LogP) is 3.06. The van der Waals surface area contributed by atoms with Crippen LogP contribution < -0.4 is 5.73 Å². The Morgan fingerprint density at radius 1 is 1.24 bits per heavy atom. The summed E-state index contributed by atoms with van der Waals surface area (Å²) in [4.78, 5) is 7.66. The van der Waals surface area contributed by atoms with Gasteiger partial charge in [0.1, 0.15) is 5.82 Å². The Labute approximate surface area is 123 Å². The lowest BCUT2D eigenvalue weighted by Gasteiger charge is -2.05. The van der Waals surface area contributed by atoms with Gasteiger partial charge in [0.2, 0.25) is 0 Å². The molecule has 2 aromatic heterocycles. The minimum atomic E-state index is -0.0343. The SMILES string of the molecule is CCCC(N)c1ncc(-c2cnn(-c3ccccc3)c2)[nH]1. The van der Waals surface area contributed by atoms with Gasteiger partial charge in [-0.2, -0.15) is 5.10 Å². The van der Waals surface area contributed by atoms with Crippen molar-refractivity contribution in [3.8, 4) is 16.9 Å². The maximum Gasteiger partial charge on any atom is 0.123 e. The largest absolute Gasteiger partial charge is 0.341 e. The number of nitrogens with one attached hydrogen (secondary N) is 1. The van der Waals surface area contributed by atoms with Crippen molar-refractivity contribution in [1.82, 2.24) is 19.7 Å². The Morgan fingerprint density at radius 3 is 2.81 bits per heavy atom. The molecule has 0 aliphatic heterocycles. The number of rotatable bonds is 5. The van der Waals surface area contributed by atoms with E-state index in [1.165, 1.54) is 0 Å². The first kappa shape index (κ1) is 13.6. The van der Waals surface area contributed by atoms with Crippen molar-refractivity contribution < 1.29 is 0 Å². The molecule has 0 spiro atoms. The minimum absolute atomic E-state index is 0.0343. The third-order valence-electron chi connectivity index (χ3n) is 3.46. The molecule has 1 aromatic carbocycles. The van der Waals surface area contributed by atoms with Gasteiger partial charge >= 0.3 is 0 Å². The van der Waals surface area contributed by atoms with Crippen LogP contribution in [0.25, 0.3) is 16.9 Å². The fraction of sp³-hybridized carbons (Fsp3) is 0.250. The lowest BCUT2D eigenvalue weighted by Crippen LogP contribution is -2.11. The summed E-state index contributed by atoms with van der Waals surface area (Å²) in [6, 6.07) is 9.99. The third-order valence-corrected chi connectivity index (χ3v) is 3.46. The second-order valence-electron chi connectivity index (χ2n) is 5.09. The standard InChI is InChI=1S/C16H19N5/c1-2-6-14(17)16-18-10-15(20-16)12-9-19-21(11-12)13-7-4-3-5-8-13/h3-5,7-11,14H,2,6,17H2,1H3,(H,18,20). The molecule has 1 unspecified atom stereocenters. The molecule has 21 heavy (non-hydrogen) atoms. The quantitative estimate of drug-likeness (QED) is 0.755. The number of hydrogen-bond donors (Lipinski definition) is 2. The van der Waals surface area contributed by atoms with Crippen LogP contribution in [0, 0.1) is 0 Å². The van der Waals surface area contributed by atoms with E-state index in [0.717, 1.165) is 35.6 Å². The number of nitrogens with zero attached hydrogens (tertiary/aromatic N) is 3. The summed E-state index contributed by atoms with van der Waals surface area (Å²) in [6.07, 6.45) is 7.60. The van der Waals surface area contributed by atoms with Crippen molar-refractivity contribution in [2.75, 3.05) is 0 Å². The molecule has 2 heterocycles. The normalized spacial score (nSPS) is 12.5. The molecular formula is C16H19N5. The lowest BCUT2D eigenvalue weighted by molar-refractivity contribution is 0.609. The molecule has 108 valence electrons. The second kappa shape index (κ2) is 5.93. The molecule has 3 N–H and O–H groups in total. The van der Waals surface area contributed by atoms with Crippen LogP contribution in [0.3, 0.4) is 0 Å². The van der Waals surface area contributed by atoms with Crippen LogP contribution >= 0.6 is 0 Å². The van der Waals surface area contributed by atoms with Crippen molar-refractivity contribution >= 4 is 0 Å². The molecule has 0 saturated carbocycles. The first-order chi connectivity index (χ1) is 10.3. The molecule has 1 atom stereocenters. The number of imidazole rings is 1. The van der Waals surface area contributed by atoms with Crippen LogP contribution in [0.5, 0.6) is 0 Å². The highest BCUT2D eigenvalue weighted by Crippen LogP contribution is 2.20. The van der Waals surface area contributed by atoms with Gasteiger partial charge in [0.05, 0.1) is 29.8 Å².